The maximum Gasteiger partial charge on any atom is 0.171 e. The molecule has 3 heterocycles. The number of nitrogens with zero attached hydrogens (tertiary/aromatic N) is 3. The molecular formula is C13H19ClN4O. The first kappa shape index (κ1) is 13.1. The summed E-state index contributed by atoms with van der Waals surface area (Å²) in [6.07, 6.45) is 5.49. The van der Waals surface area contributed by atoms with Crippen molar-refractivity contribution in [2.24, 2.45) is 11.1 Å². The van der Waals surface area contributed by atoms with Crippen LogP contribution < -0.4 is 10.6 Å². The Balaban J connectivity index is 1.72. The van der Waals surface area contributed by atoms with Crippen molar-refractivity contribution >= 4 is 17.4 Å². The van der Waals surface area contributed by atoms with Gasteiger partial charge in [0.05, 0.1) is 12.7 Å². The predicted octanol–water partition coefficient (Wildman–Crippen LogP) is 1.46. The van der Waals surface area contributed by atoms with E-state index >= 15 is 0 Å². The molecule has 0 aliphatic carbocycles. The van der Waals surface area contributed by atoms with Gasteiger partial charge in [-0.15, -0.1) is 0 Å². The highest BCUT2D eigenvalue weighted by Crippen LogP contribution is 2.42. The van der Waals surface area contributed by atoms with Gasteiger partial charge < -0.3 is 15.4 Å². The van der Waals surface area contributed by atoms with Gasteiger partial charge in [0.2, 0.25) is 0 Å². The summed E-state index contributed by atoms with van der Waals surface area (Å²) in [6, 6.07) is 0.131. The van der Waals surface area contributed by atoms with Crippen molar-refractivity contribution in [3.8, 4) is 0 Å². The molecule has 5 nitrogen and oxygen atoms in total. The predicted molar refractivity (Wildman–Crippen MR) is 74.3 cm³/mol. The molecular weight excluding hydrogens is 264 g/mol. The number of anilines is 1. The Morgan fingerprint density at radius 2 is 2.05 bits per heavy atom. The molecule has 2 N–H and O–H groups in total. The zero-order valence-corrected chi connectivity index (χ0v) is 11.8. The average molecular weight is 283 g/mol. The smallest absolute Gasteiger partial charge is 0.171 e. The fourth-order valence-electron chi connectivity index (χ4n) is 3.16. The van der Waals surface area contributed by atoms with Crippen molar-refractivity contribution in [3.63, 3.8) is 0 Å². The molecule has 0 unspecified atom stereocenters. The molecule has 0 amide bonds. The van der Waals surface area contributed by atoms with Crippen molar-refractivity contribution in [1.29, 1.82) is 0 Å². The lowest BCUT2D eigenvalue weighted by Crippen LogP contribution is -2.50. The molecule has 1 spiro atoms. The van der Waals surface area contributed by atoms with Crippen LogP contribution in [0.1, 0.15) is 19.8 Å². The molecule has 3 rings (SSSR count). The second kappa shape index (κ2) is 4.89. The van der Waals surface area contributed by atoms with Crippen molar-refractivity contribution in [3.05, 3.63) is 17.5 Å². The summed E-state index contributed by atoms with van der Waals surface area (Å²) in [6.45, 7) is 4.65. The van der Waals surface area contributed by atoms with Gasteiger partial charge in [-0.05, 0) is 19.8 Å². The van der Waals surface area contributed by atoms with Crippen LogP contribution in [-0.2, 0) is 4.74 Å². The lowest BCUT2D eigenvalue weighted by molar-refractivity contribution is 0.0974. The average Bonchev–Trinajstić information content (AvgIpc) is 2.70. The molecule has 0 radical (unpaired) electrons. The number of piperidine rings is 1. The Hall–Kier alpha value is -0.910. The number of rotatable bonds is 1. The summed E-state index contributed by atoms with van der Waals surface area (Å²) >= 11 is 6.10. The van der Waals surface area contributed by atoms with E-state index in [1.165, 1.54) is 0 Å². The molecule has 1 aromatic rings. The number of nitrogens with two attached hydrogens (primary N) is 1. The van der Waals surface area contributed by atoms with Crippen LogP contribution in [0, 0.1) is 5.41 Å². The van der Waals surface area contributed by atoms with Gasteiger partial charge in [0.1, 0.15) is 0 Å². The number of hydrogen-bond acceptors (Lipinski definition) is 5. The number of aromatic nitrogens is 2. The van der Waals surface area contributed by atoms with Crippen LogP contribution in [0.5, 0.6) is 0 Å². The molecule has 1 aromatic heterocycles. The minimum atomic E-state index is 0.130. The number of hydrogen-bond donors (Lipinski definition) is 1. The third kappa shape index (κ3) is 2.20. The first-order chi connectivity index (χ1) is 9.12. The van der Waals surface area contributed by atoms with Gasteiger partial charge in [0, 0.05) is 36.9 Å². The highest BCUT2D eigenvalue weighted by atomic mass is 35.5. The summed E-state index contributed by atoms with van der Waals surface area (Å²) in [5.74, 6) is 0.777. The summed E-state index contributed by atoms with van der Waals surface area (Å²) in [7, 11) is 0. The van der Waals surface area contributed by atoms with Gasteiger partial charge in [0.25, 0.3) is 0 Å². The van der Waals surface area contributed by atoms with Crippen LogP contribution in [0.4, 0.5) is 5.82 Å². The van der Waals surface area contributed by atoms with Crippen LogP contribution in [0.3, 0.4) is 0 Å². The molecule has 2 fully saturated rings. The van der Waals surface area contributed by atoms with Gasteiger partial charge in [-0.25, -0.2) is 9.97 Å². The van der Waals surface area contributed by atoms with Gasteiger partial charge in [0.15, 0.2) is 11.0 Å². The van der Waals surface area contributed by atoms with E-state index in [1.807, 2.05) is 0 Å². The van der Waals surface area contributed by atoms with E-state index in [-0.39, 0.29) is 17.6 Å². The minimum absolute atomic E-state index is 0.130. The normalized spacial score (nSPS) is 29.9. The molecule has 2 saturated heterocycles. The van der Waals surface area contributed by atoms with Crippen molar-refractivity contribution in [2.45, 2.75) is 31.9 Å². The molecule has 0 bridgehead atoms. The van der Waals surface area contributed by atoms with E-state index in [0.717, 1.165) is 38.4 Å². The number of ether oxygens (including phenoxy) is 1. The van der Waals surface area contributed by atoms with E-state index in [1.54, 1.807) is 12.4 Å². The Bertz CT molecular complexity index is 462. The van der Waals surface area contributed by atoms with Crippen LogP contribution in [-0.4, -0.2) is 41.8 Å². The van der Waals surface area contributed by atoms with Crippen molar-refractivity contribution in [2.75, 3.05) is 24.6 Å². The number of halogens is 1. The Morgan fingerprint density at radius 1 is 1.37 bits per heavy atom. The molecule has 0 saturated carbocycles. The molecule has 19 heavy (non-hydrogen) atoms. The van der Waals surface area contributed by atoms with Crippen LogP contribution in [0.25, 0.3) is 0 Å². The highest BCUT2D eigenvalue weighted by molar-refractivity contribution is 6.31. The quantitative estimate of drug-likeness (QED) is 0.845. The largest absolute Gasteiger partial charge is 0.376 e. The van der Waals surface area contributed by atoms with Gasteiger partial charge in [-0.2, -0.15) is 0 Å². The first-order valence-corrected chi connectivity index (χ1v) is 7.09. The van der Waals surface area contributed by atoms with Crippen LogP contribution in [0.2, 0.25) is 5.15 Å². The van der Waals surface area contributed by atoms with E-state index in [4.69, 9.17) is 22.1 Å². The fourth-order valence-corrected chi connectivity index (χ4v) is 3.39. The fraction of sp³-hybridized carbons (Fsp3) is 0.692. The molecule has 104 valence electrons. The molecule has 2 atom stereocenters. The zero-order chi connectivity index (χ0) is 13.5. The second-order valence-electron chi connectivity index (χ2n) is 5.56. The first-order valence-electron chi connectivity index (χ1n) is 6.71. The van der Waals surface area contributed by atoms with Crippen LogP contribution in [0.15, 0.2) is 12.4 Å². The second-order valence-corrected chi connectivity index (χ2v) is 5.92. The molecule has 2 aliphatic rings. The van der Waals surface area contributed by atoms with E-state index in [0.29, 0.717) is 5.15 Å². The molecule has 2 aliphatic heterocycles. The molecule has 0 aromatic carbocycles. The maximum atomic E-state index is 6.30. The van der Waals surface area contributed by atoms with E-state index in [2.05, 4.69) is 21.8 Å². The lowest BCUT2D eigenvalue weighted by Gasteiger charge is -2.41. The third-order valence-corrected chi connectivity index (χ3v) is 4.81. The van der Waals surface area contributed by atoms with Gasteiger partial charge >= 0.3 is 0 Å². The lowest BCUT2D eigenvalue weighted by atomic mass is 9.73. The maximum absolute atomic E-state index is 6.30. The van der Waals surface area contributed by atoms with E-state index in [9.17, 15) is 0 Å². The summed E-state index contributed by atoms with van der Waals surface area (Å²) in [4.78, 5) is 10.6. The Morgan fingerprint density at radius 3 is 2.63 bits per heavy atom. The zero-order valence-electron chi connectivity index (χ0n) is 11.1. The summed E-state index contributed by atoms with van der Waals surface area (Å²) in [5, 5.41) is 0.471. The summed E-state index contributed by atoms with van der Waals surface area (Å²) in [5.41, 5.74) is 6.43. The third-order valence-electron chi connectivity index (χ3n) is 4.54. The monoisotopic (exact) mass is 282 g/mol. The Labute approximate surface area is 118 Å². The van der Waals surface area contributed by atoms with Gasteiger partial charge in [-0.3, -0.25) is 0 Å². The minimum Gasteiger partial charge on any atom is -0.376 e. The van der Waals surface area contributed by atoms with Gasteiger partial charge in [-0.1, -0.05) is 11.6 Å². The summed E-state index contributed by atoms with van der Waals surface area (Å²) < 4.78 is 5.73. The standard InChI is InChI=1S/C13H19ClN4O/c1-9-10(15)13(8-19-9)2-6-18(7-3-13)12-11(14)16-4-5-17-12/h4-5,9-10H,2-3,6-8,15H2,1H3/t9-,10+/m0/s1. The topological polar surface area (TPSA) is 64.3 Å². The molecule has 6 heteroatoms. The highest BCUT2D eigenvalue weighted by Gasteiger charge is 2.47. The Kier molecular flexibility index (Phi) is 3.37. The van der Waals surface area contributed by atoms with Crippen LogP contribution >= 0.6 is 11.6 Å². The van der Waals surface area contributed by atoms with Crippen molar-refractivity contribution < 1.29 is 4.74 Å². The SMILES string of the molecule is C[C@@H]1OCC2(CCN(c3nccnc3Cl)CC2)[C@@H]1N. The van der Waals surface area contributed by atoms with Crippen molar-refractivity contribution in [1.82, 2.24) is 9.97 Å². The van der Waals surface area contributed by atoms with E-state index < -0.39 is 0 Å².